The summed E-state index contributed by atoms with van der Waals surface area (Å²) >= 11 is 0. The van der Waals surface area contributed by atoms with Crippen molar-refractivity contribution in [2.45, 2.75) is 63.3 Å². The first-order valence-corrected chi connectivity index (χ1v) is 12.0. The average Bonchev–Trinajstić information content (AvgIpc) is 3.59. The van der Waals surface area contributed by atoms with Gasteiger partial charge in [0.05, 0.1) is 25.8 Å². The topological polar surface area (TPSA) is 70.9 Å². The van der Waals surface area contributed by atoms with E-state index in [0.717, 1.165) is 56.7 Å². The van der Waals surface area contributed by atoms with Crippen LogP contribution in [0.15, 0.2) is 24.3 Å². The Balaban J connectivity index is 1.38. The third kappa shape index (κ3) is 4.61. The number of nitrogens with one attached hydrogen (secondary N) is 2. The number of aromatic nitrogens is 4. The van der Waals surface area contributed by atoms with Crippen molar-refractivity contribution in [3.8, 4) is 5.75 Å². The minimum atomic E-state index is 0.132. The molecule has 1 aliphatic carbocycles. The highest BCUT2D eigenvalue weighted by Crippen LogP contribution is 2.22. The normalized spacial score (nSPS) is 28.1. The van der Waals surface area contributed by atoms with Gasteiger partial charge in [-0.1, -0.05) is 0 Å². The molecule has 2 saturated heterocycles. The largest absolute Gasteiger partial charge is 0.497 e. The summed E-state index contributed by atoms with van der Waals surface area (Å²) in [6.07, 6.45) is 8.08. The van der Waals surface area contributed by atoms with Gasteiger partial charge in [0.2, 0.25) is 5.82 Å². The predicted molar refractivity (Wildman–Crippen MR) is 115 cm³/mol. The van der Waals surface area contributed by atoms with Crippen LogP contribution in [0, 0.1) is 0 Å². The first-order valence-electron chi connectivity index (χ1n) is 12.0. The van der Waals surface area contributed by atoms with Crippen LogP contribution in [0.3, 0.4) is 0 Å². The monoisotopic (exact) mass is 428 g/mol. The van der Waals surface area contributed by atoms with Crippen molar-refractivity contribution < 1.29 is 19.3 Å². The second-order valence-corrected chi connectivity index (χ2v) is 9.36. The van der Waals surface area contributed by atoms with Crippen LogP contribution in [0.4, 0.5) is 0 Å². The van der Waals surface area contributed by atoms with Crippen molar-refractivity contribution >= 4 is 0 Å². The molecule has 1 aromatic heterocycles. The Morgan fingerprint density at radius 3 is 2.52 bits per heavy atom. The lowest BCUT2D eigenvalue weighted by Crippen LogP contribution is -3.29. The summed E-state index contributed by atoms with van der Waals surface area (Å²) < 4.78 is 13.3. The van der Waals surface area contributed by atoms with Crippen LogP contribution >= 0.6 is 0 Å². The van der Waals surface area contributed by atoms with E-state index in [9.17, 15) is 0 Å². The Bertz CT molecular complexity index is 821. The van der Waals surface area contributed by atoms with Gasteiger partial charge in [0.1, 0.15) is 31.9 Å². The lowest BCUT2D eigenvalue weighted by atomic mass is 10.0. The van der Waals surface area contributed by atoms with Crippen molar-refractivity contribution in [3.05, 3.63) is 35.7 Å². The number of methoxy groups -OCH3 is 1. The molecule has 0 bridgehead atoms. The SMILES string of the molecule is COc1ccc([C@@H](c2nnnn2C[C@H]2CCCO2)[NH+]2CC[NH+](C3CCCC3)CC2)cc1. The number of quaternary nitrogens is 2. The molecule has 168 valence electrons. The summed E-state index contributed by atoms with van der Waals surface area (Å²) in [6, 6.07) is 9.47. The highest BCUT2D eigenvalue weighted by Gasteiger charge is 2.38. The summed E-state index contributed by atoms with van der Waals surface area (Å²) in [6.45, 7) is 6.35. The Kier molecular flexibility index (Phi) is 6.47. The van der Waals surface area contributed by atoms with E-state index < -0.39 is 0 Å². The number of tetrazole rings is 1. The number of rotatable bonds is 7. The minimum Gasteiger partial charge on any atom is -0.497 e. The van der Waals surface area contributed by atoms with Crippen molar-refractivity contribution in [2.75, 3.05) is 39.9 Å². The summed E-state index contributed by atoms with van der Waals surface area (Å²) in [5, 5.41) is 13.0. The summed E-state index contributed by atoms with van der Waals surface area (Å²) in [5.41, 5.74) is 1.25. The number of hydrogen-bond donors (Lipinski definition) is 2. The van der Waals surface area contributed by atoms with Gasteiger partial charge >= 0.3 is 0 Å². The molecule has 1 aromatic carbocycles. The predicted octanol–water partition coefficient (Wildman–Crippen LogP) is -0.324. The molecule has 0 radical (unpaired) electrons. The number of hydrogen-bond acceptors (Lipinski definition) is 5. The molecule has 3 fully saturated rings. The Hall–Kier alpha value is -2.03. The summed E-state index contributed by atoms with van der Waals surface area (Å²) in [7, 11) is 1.71. The fourth-order valence-electron chi connectivity index (χ4n) is 5.82. The maximum Gasteiger partial charge on any atom is 0.214 e. The highest BCUT2D eigenvalue weighted by atomic mass is 16.5. The average molecular weight is 429 g/mol. The van der Waals surface area contributed by atoms with Gasteiger partial charge in [-0.05, 0) is 73.2 Å². The van der Waals surface area contributed by atoms with Gasteiger partial charge < -0.3 is 19.3 Å². The Labute approximate surface area is 184 Å². The quantitative estimate of drug-likeness (QED) is 0.632. The number of benzene rings is 1. The lowest BCUT2D eigenvalue weighted by Gasteiger charge is -2.36. The van der Waals surface area contributed by atoms with E-state index in [1.165, 1.54) is 44.3 Å². The molecule has 2 aliphatic heterocycles. The zero-order valence-corrected chi connectivity index (χ0v) is 18.6. The maximum atomic E-state index is 5.87. The van der Waals surface area contributed by atoms with Gasteiger partial charge in [-0.15, -0.1) is 5.10 Å². The second kappa shape index (κ2) is 9.63. The van der Waals surface area contributed by atoms with Crippen LogP contribution < -0.4 is 14.5 Å². The van der Waals surface area contributed by atoms with Crippen LogP contribution in [-0.2, 0) is 11.3 Å². The first kappa shape index (κ1) is 20.8. The van der Waals surface area contributed by atoms with Crippen LogP contribution in [-0.4, -0.2) is 72.2 Å². The molecule has 0 unspecified atom stereocenters. The van der Waals surface area contributed by atoms with E-state index in [4.69, 9.17) is 9.47 Å². The third-order valence-electron chi connectivity index (χ3n) is 7.54. The molecule has 3 heterocycles. The summed E-state index contributed by atoms with van der Waals surface area (Å²) in [4.78, 5) is 3.38. The van der Waals surface area contributed by atoms with E-state index >= 15 is 0 Å². The first-order chi connectivity index (χ1) is 15.3. The van der Waals surface area contributed by atoms with Gasteiger partial charge in [-0.3, -0.25) is 0 Å². The van der Waals surface area contributed by atoms with Crippen molar-refractivity contribution in [3.63, 3.8) is 0 Å². The van der Waals surface area contributed by atoms with Gasteiger partial charge in [0.15, 0.2) is 6.04 Å². The third-order valence-corrected chi connectivity index (χ3v) is 7.54. The zero-order valence-electron chi connectivity index (χ0n) is 18.6. The van der Waals surface area contributed by atoms with Gasteiger partial charge in [0.25, 0.3) is 0 Å². The fourth-order valence-corrected chi connectivity index (χ4v) is 5.82. The van der Waals surface area contributed by atoms with E-state index in [1.807, 2.05) is 9.58 Å². The molecule has 0 spiro atoms. The van der Waals surface area contributed by atoms with Gasteiger partial charge in [-0.25, -0.2) is 4.68 Å². The summed E-state index contributed by atoms with van der Waals surface area (Å²) in [5.74, 6) is 1.84. The molecule has 8 nitrogen and oxygen atoms in total. The molecule has 3 aliphatic rings. The Morgan fingerprint density at radius 1 is 1.06 bits per heavy atom. The van der Waals surface area contributed by atoms with Crippen LogP contribution in [0.1, 0.15) is 56.0 Å². The zero-order chi connectivity index (χ0) is 21.0. The highest BCUT2D eigenvalue weighted by molar-refractivity contribution is 5.30. The van der Waals surface area contributed by atoms with Crippen molar-refractivity contribution in [1.29, 1.82) is 0 Å². The molecule has 5 rings (SSSR count). The van der Waals surface area contributed by atoms with E-state index in [1.54, 1.807) is 12.0 Å². The lowest BCUT2D eigenvalue weighted by molar-refractivity contribution is -1.03. The van der Waals surface area contributed by atoms with E-state index in [0.29, 0.717) is 0 Å². The number of nitrogens with zero attached hydrogens (tertiary/aromatic N) is 4. The molecular weight excluding hydrogens is 392 g/mol. The molecule has 31 heavy (non-hydrogen) atoms. The number of ether oxygens (including phenoxy) is 2. The molecule has 1 saturated carbocycles. The minimum absolute atomic E-state index is 0.132. The molecule has 8 heteroatoms. The molecule has 2 aromatic rings. The molecule has 2 atom stereocenters. The molecule has 0 amide bonds. The maximum absolute atomic E-state index is 5.87. The molecule has 2 N–H and O–H groups in total. The molecular formula is C23H36N6O2+2. The smallest absolute Gasteiger partial charge is 0.214 e. The van der Waals surface area contributed by atoms with Crippen molar-refractivity contribution in [2.24, 2.45) is 0 Å². The van der Waals surface area contributed by atoms with Crippen molar-refractivity contribution in [1.82, 2.24) is 20.2 Å². The standard InChI is InChI=1S/C23H34N6O2/c1-30-20-10-8-18(9-11-20)22(23-24-25-26-29(23)17-21-7-4-16-31-21)28-14-12-27(13-15-28)19-5-2-3-6-19/h8-11,19,21-22H,2-7,12-17H2,1H3/p+2/t21-,22+/m1/s1. The van der Waals surface area contributed by atoms with Gasteiger partial charge in [-0.2, -0.15) is 0 Å². The fraction of sp³-hybridized carbons (Fsp3) is 0.696. The van der Waals surface area contributed by atoms with Crippen LogP contribution in [0.5, 0.6) is 5.75 Å². The van der Waals surface area contributed by atoms with E-state index in [2.05, 4.69) is 39.8 Å². The number of piperazine rings is 1. The second-order valence-electron chi connectivity index (χ2n) is 9.36. The Morgan fingerprint density at radius 2 is 1.84 bits per heavy atom. The van der Waals surface area contributed by atoms with Gasteiger partial charge in [0, 0.05) is 12.2 Å². The van der Waals surface area contributed by atoms with Crippen LogP contribution in [0.25, 0.3) is 0 Å². The van der Waals surface area contributed by atoms with E-state index in [-0.39, 0.29) is 12.1 Å². The van der Waals surface area contributed by atoms with Crippen LogP contribution in [0.2, 0.25) is 0 Å².